The fraction of sp³-hybridized carbons (Fsp3) is 0.886. The summed E-state index contributed by atoms with van der Waals surface area (Å²) < 4.78 is 33.4. The predicted octanol–water partition coefficient (Wildman–Crippen LogP) is 13.3. The normalized spacial score (nSPS) is 13.7. The number of ether oxygens (including phenoxy) is 2. The van der Waals surface area contributed by atoms with E-state index in [4.69, 9.17) is 24.3 Å². The summed E-state index contributed by atoms with van der Waals surface area (Å²) in [4.78, 5) is 22.4. The van der Waals surface area contributed by atoms with Gasteiger partial charge in [0.25, 0.3) is 0 Å². The molecule has 0 bridgehead atoms. The van der Waals surface area contributed by atoms with Crippen LogP contribution in [-0.4, -0.2) is 49.9 Å². The second kappa shape index (κ2) is 42.1. The lowest BCUT2D eigenvalue weighted by Gasteiger charge is -2.20. The highest BCUT2D eigenvalue weighted by molar-refractivity contribution is 7.47. The van der Waals surface area contributed by atoms with Crippen LogP contribution in [0.5, 0.6) is 0 Å². The summed E-state index contributed by atoms with van der Waals surface area (Å²) in [6.45, 7) is 4.87. The van der Waals surface area contributed by atoms with E-state index in [0.717, 1.165) is 64.2 Å². The van der Waals surface area contributed by atoms with Crippen LogP contribution in [0.1, 0.15) is 213 Å². The first-order valence-electron chi connectivity index (χ1n) is 22.3. The Morgan fingerprint density at radius 2 is 1.04 bits per heavy atom. The molecule has 0 spiro atoms. The molecule has 0 radical (unpaired) electrons. The molecule has 0 aromatic heterocycles. The van der Waals surface area contributed by atoms with E-state index in [-0.39, 0.29) is 32.3 Å². The summed E-state index contributed by atoms with van der Waals surface area (Å²) in [6, 6.07) is 0. The summed E-state index contributed by atoms with van der Waals surface area (Å²) >= 11 is 0. The molecular weight excluding hydrogens is 685 g/mol. The number of esters is 1. The van der Waals surface area contributed by atoms with Crippen molar-refractivity contribution in [3.8, 4) is 0 Å². The Hall–Kier alpha value is -1.02. The first-order valence-corrected chi connectivity index (χ1v) is 23.8. The van der Waals surface area contributed by atoms with Gasteiger partial charge in [-0.3, -0.25) is 13.8 Å². The lowest BCUT2D eigenvalue weighted by molar-refractivity contribution is -0.154. The molecule has 0 saturated carbocycles. The Morgan fingerprint density at radius 3 is 1.55 bits per heavy atom. The van der Waals surface area contributed by atoms with Crippen LogP contribution >= 0.6 is 7.82 Å². The Balaban J connectivity index is 3.94. The minimum atomic E-state index is -4.28. The number of hydrogen-bond donors (Lipinski definition) is 2. The number of allylic oxidation sites excluding steroid dienone is 4. The van der Waals surface area contributed by atoms with E-state index in [0.29, 0.717) is 13.0 Å². The first-order chi connectivity index (χ1) is 25.9. The van der Waals surface area contributed by atoms with Gasteiger partial charge in [0.15, 0.2) is 0 Å². The highest BCUT2D eigenvalue weighted by Gasteiger charge is 2.25. The molecule has 0 rings (SSSR count). The Labute approximate surface area is 327 Å². The number of rotatable bonds is 43. The summed E-state index contributed by atoms with van der Waals surface area (Å²) in [5.74, 6) is -0.342. The molecule has 3 N–H and O–H groups in total. The summed E-state index contributed by atoms with van der Waals surface area (Å²) in [5, 5.41) is 0. The molecule has 2 unspecified atom stereocenters. The standard InChI is InChI=1S/C44H86NO7P/c1-3-5-7-9-11-13-15-17-18-19-20-21-22-23-24-26-28-30-32-34-36-39-49-41-43(42-51-53(47,48)50-40-38-45)52-44(46)37-35-33-31-29-27-25-16-14-12-10-8-6-4-2/h8,10,14,16,43H,3-7,9,11-13,15,17-42,45H2,1-2H3,(H,47,48)/b10-8-,16-14-. The number of phosphoric ester groups is 1. The van der Waals surface area contributed by atoms with Crippen molar-refractivity contribution in [1.29, 1.82) is 0 Å². The van der Waals surface area contributed by atoms with Gasteiger partial charge in [-0.05, 0) is 38.5 Å². The van der Waals surface area contributed by atoms with Crippen LogP contribution in [0.15, 0.2) is 24.3 Å². The molecule has 2 atom stereocenters. The van der Waals surface area contributed by atoms with E-state index in [1.807, 2.05) is 0 Å². The second-order valence-corrected chi connectivity index (χ2v) is 16.4. The molecule has 53 heavy (non-hydrogen) atoms. The number of carbonyl (C=O) groups is 1. The van der Waals surface area contributed by atoms with Crippen LogP contribution < -0.4 is 5.73 Å². The highest BCUT2D eigenvalue weighted by Crippen LogP contribution is 2.43. The molecule has 9 heteroatoms. The molecule has 314 valence electrons. The van der Waals surface area contributed by atoms with Crippen LogP contribution in [0, 0.1) is 0 Å². The van der Waals surface area contributed by atoms with E-state index in [1.54, 1.807) is 0 Å². The van der Waals surface area contributed by atoms with Gasteiger partial charge in [0, 0.05) is 19.6 Å². The van der Waals surface area contributed by atoms with Crippen LogP contribution in [0.2, 0.25) is 0 Å². The summed E-state index contributed by atoms with van der Waals surface area (Å²) in [5.41, 5.74) is 5.37. The fourth-order valence-corrected chi connectivity index (χ4v) is 7.10. The molecule has 8 nitrogen and oxygen atoms in total. The van der Waals surface area contributed by atoms with Crippen molar-refractivity contribution in [2.75, 3.05) is 33.0 Å². The molecule has 0 aromatic rings. The van der Waals surface area contributed by atoms with Crippen molar-refractivity contribution in [3.63, 3.8) is 0 Å². The monoisotopic (exact) mass is 772 g/mol. The van der Waals surface area contributed by atoms with Gasteiger partial charge in [0.2, 0.25) is 0 Å². The molecule has 0 amide bonds. The summed E-state index contributed by atoms with van der Waals surface area (Å²) in [6.07, 6.45) is 46.3. The third kappa shape index (κ3) is 42.0. The second-order valence-electron chi connectivity index (χ2n) is 14.9. The SMILES string of the molecule is CCC/C=C\C/C=C\CCCCCCCC(=O)OC(COCCCCCCCCCCCCCCCCCCCCCCC)COP(=O)(O)OCCN. The molecular formula is C44H86NO7P. The van der Waals surface area contributed by atoms with Gasteiger partial charge in [-0.1, -0.05) is 192 Å². The molecule has 0 aromatic carbocycles. The Morgan fingerprint density at radius 1 is 0.566 bits per heavy atom. The highest BCUT2D eigenvalue weighted by atomic mass is 31.2. The Kier molecular flexibility index (Phi) is 41.3. The van der Waals surface area contributed by atoms with E-state index < -0.39 is 13.9 Å². The minimum absolute atomic E-state index is 0.0963. The van der Waals surface area contributed by atoms with Gasteiger partial charge in [-0.2, -0.15) is 0 Å². The average molecular weight is 772 g/mol. The maximum Gasteiger partial charge on any atom is 0.472 e. The fourth-order valence-electron chi connectivity index (χ4n) is 6.33. The minimum Gasteiger partial charge on any atom is -0.457 e. The Bertz CT molecular complexity index is 869. The largest absolute Gasteiger partial charge is 0.472 e. The van der Waals surface area contributed by atoms with Crippen LogP contribution in [0.3, 0.4) is 0 Å². The van der Waals surface area contributed by atoms with Gasteiger partial charge in [-0.15, -0.1) is 0 Å². The molecule has 0 aliphatic heterocycles. The number of unbranched alkanes of at least 4 members (excludes halogenated alkanes) is 26. The maximum atomic E-state index is 12.6. The zero-order valence-electron chi connectivity index (χ0n) is 34.8. The van der Waals surface area contributed by atoms with Crippen molar-refractivity contribution in [1.82, 2.24) is 0 Å². The van der Waals surface area contributed by atoms with Crippen molar-refractivity contribution in [2.24, 2.45) is 5.73 Å². The van der Waals surface area contributed by atoms with E-state index in [2.05, 4.69) is 38.2 Å². The predicted molar refractivity (Wildman–Crippen MR) is 224 cm³/mol. The maximum absolute atomic E-state index is 12.6. The third-order valence-electron chi connectivity index (χ3n) is 9.60. The van der Waals surface area contributed by atoms with E-state index in [1.165, 1.54) is 128 Å². The quantitative estimate of drug-likeness (QED) is 0.0272. The topological polar surface area (TPSA) is 117 Å². The van der Waals surface area contributed by atoms with Gasteiger partial charge < -0.3 is 20.1 Å². The smallest absolute Gasteiger partial charge is 0.457 e. The van der Waals surface area contributed by atoms with Crippen molar-refractivity contribution in [3.05, 3.63) is 24.3 Å². The van der Waals surface area contributed by atoms with Crippen LogP contribution in [0.4, 0.5) is 0 Å². The number of nitrogens with two attached hydrogens (primary N) is 1. The molecule has 0 aliphatic rings. The lowest BCUT2D eigenvalue weighted by atomic mass is 10.0. The summed E-state index contributed by atoms with van der Waals surface area (Å²) in [7, 11) is -4.28. The number of carbonyl (C=O) groups excluding carboxylic acids is 1. The van der Waals surface area contributed by atoms with Gasteiger partial charge in [0.05, 0.1) is 19.8 Å². The lowest BCUT2D eigenvalue weighted by Crippen LogP contribution is -2.28. The number of hydrogen-bond acceptors (Lipinski definition) is 7. The average Bonchev–Trinajstić information content (AvgIpc) is 3.15. The van der Waals surface area contributed by atoms with Crippen LogP contribution in [-0.2, 0) is 27.9 Å². The zero-order valence-corrected chi connectivity index (χ0v) is 35.7. The van der Waals surface area contributed by atoms with E-state index >= 15 is 0 Å². The number of phosphoric acid groups is 1. The third-order valence-corrected chi connectivity index (χ3v) is 10.6. The molecule has 0 fully saturated rings. The molecule has 0 aliphatic carbocycles. The molecule has 0 saturated heterocycles. The van der Waals surface area contributed by atoms with Gasteiger partial charge in [0.1, 0.15) is 6.10 Å². The first kappa shape index (κ1) is 52.0. The zero-order chi connectivity index (χ0) is 38.8. The van der Waals surface area contributed by atoms with Gasteiger partial charge >= 0.3 is 13.8 Å². The van der Waals surface area contributed by atoms with E-state index in [9.17, 15) is 14.3 Å². The molecule has 0 heterocycles. The van der Waals surface area contributed by atoms with Crippen LogP contribution in [0.25, 0.3) is 0 Å². The van der Waals surface area contributed by atoms with Crippen molar-refractivity contribution in [2.45, 2.75) is 219 Å². The van der Waals surface area contributed by atoms with Gasteiger partial charge in [-0.25, -0.2) is 4.57 Å². The van der Waals surface area contributed by atoms with Crippen molar-refractivity contribution < 1.29 is 32.8 Å². The van der Waals surface area contributed by atoms with Crippen molar-refractivity contribution >= 4 is 13.8 Å².